The summed E-state index contributed by atoms with van der Waals surface area (Å²) in [5, 5.41) is 1.20. The van der Waals surface area contributed by atoms with Crippen molar-refractivity contribution in [3.05, 3.63) is 59.3 Å². The Morgan fingerprint density at radius 2 is 1.88 bits per heavy atom. The van der Waals surface area contributed by atoms with Gasteiger partial charge >= 0.3 is 0 Å². The Hall–Kier alpha value is -3.32. The summed E-state index contributed by atoms with van der Waals surface area (Å²) < 4.78 is 10.6. The van der Waals surface area contributed by atoms with E-state index < -0.39 is 0 Å². The van der Waals surface area contributed by atoms with E-state index in [1.807, 2.05) is 30.3 Å². The third-order valence-corrected chi connectivity index (χ3v) is 6.65. The number of aromatic nitrogens is 1. The minimum Gasteiger partial charge on any atom is -0.493 e. The molecule has 0 aliphatic carbocycles. The van der Waals surface area contributed by atoms with Gasteiger partial charge in [0.05, 0.1) is 26.7 Å². The number of benzene rings is 2. The predicted octanol–water partition coefficient (Wildman–Crippen LogP) is 2.91. The molecule has 0 radical (unpaired) electrons. The molecule has 5 rings (SSSR count). The highest BCUT2D eigenvalue weighted by atomic mass is 16.5. The summed E-state index contributed by atoms with van der Waals surface area (Å²) in [4.78, 5) is 33.0. The van der Waals surface area contributed by atoms with Gasteiger partial charge in [-0.05, 0) is 35.7 Å². The Morgan fingerprint density at radius 3 is 2.69 bits per heavy atom. The Labute approximate surface area is 186 Å². The Bertz CT molecular complexity index is 1190. The quantitative estimate of drug-likeness (QED) is 0.605. The lowest BCUT2D eigenvalue weighted by Gasteiger charge is -2.31. The van der Waals surface area contributed by atoms with Crippen LogP contribution in [0.2, 0.25) is 0 Å². The van der Waals surface area contributed by atoms with Crippen LogP contribution in [0.4, 0.5) is 0 Å². The molecule has 1 atom stereocenters. The van der Waals surface area contributed by atoms with Crippen LogP contribution in [0, 0.1) is 0 Å². The first-order valence-corrected chi connectivity index (χ1v) is 11.0. The summed E-state index contributed by atoms with van der Waals surface area (Å²) in [7, 11) is 3.19. The number of likely N-dealkylation sites (tertiary alicyclic amines) is 1. The lowest BCUT2D eigenvalue weighted by Crippen LogP contribution is -2.44. The van der Waals surface area contributed by atoms with Gasteiger partial charge in [-0.3, -0.25) is 19.4 Å². The van der Waals surface area contributed by atoms with Crippen LogP contribution in [0.25, 0.3) is 10.9 Å². The number of para-hydroxylation sites is 1. The van der Waals surface area contributed by atoms with Crippen LogP contribution in [-0.2, 0) is 29.0 Å². The van der Waals surface area contributed by atoms with E-state index in [2.05, 4.69) is 22.0 Å². The number of carbonyl (C=O) groups excluding carboxylic acids is 2. The smallest absolute Gasteiger partial charge is 0.247 e. The molecule has 0 bridgehead atoms. The van der Waals surface area contributed by atoms with Crippen molar-refractivity contribution in [1.82, 2.24) is 14.8 Å². The number of aromatic amines is 1. The molecule has 32 heavy (non-hydrogen) atoms. The van der Waals surface area contributed by atoms with Crippen LogP contribution >= 0.6 is 0 Å². The minimum absolute atomic E-state index is 0.0845. The molecule has 0 spiro atoms. The number of ether oxygens (including phenoxy) is 2. The van der Waals surface area contributed by atoms with E-state index in [1.165, 1.54) is 21.5 Å². The molecule has 2 aromatic carbocycles. The van der Waals surface area contributed by atoms with E-state index in [1.54, 1.807) is 14.2 Å². The Morgan fingerprint density at radius 1 is 1.06 bits per heavy atom. The van der Waals surface area contributed by atoms with Crippen molar-refractivity contribution in [2.45, 2.75) is 31.8 Å². The molecule has 7 nitrogen and oxygen atoms in total. The lowest BCUT2D eigenvalue weighted by molar-refractivity contribution is -0.139. The number of imide groups is 1. The molecule has 7 heteroatoms. The van der Waals surface area contributed by atoms with Gasteiger partial charge in [0, 0.05) is 42.7 Å². The van der Waals surface area contributed by atoms with Gasteiger partial charge in [0.25, 0.3) is 0 Å². The fourth-order valence-corrected chi connectivity index (χ4v) is 4.92. The number of carbonyl (C=O) groups is 2. The van der Waals surface area contributed by atoms with Crippen molar-refractivity contribution in [2.75, 3.05) is 27.3 Å². The highest BCUT2D eigenvalue weighted by Gasteiger charge is 2.42. The molecule has 0 saturated carbocycles. The van der Waals surface area contributed by atoms with Crippen molar-refractivity contribution in [3.63, 3.8) is 0 Å². The van der Waals surface area contributed by atoms with Crippen LogP contribution < -0.4 is 9.47 Å². The Kier molecular flexibility index (Phi) is 5.35. The summed E-state index contributed by atoms with van der Waals surface area (Å²) in [5.74, 6) is 1.13. The molecule has 1 fully saturated rings. The number of nitrogens with zero attached hydrogens (tertiary/aromatic N) is 2. The summed E-state index contributed by atoms with van der Waals surface area (Å²) in [6, 6.07) is 13.6. The number of hydrogen-bond acceptors (Lipinski definition) is 5. The summed E-state index contributed by atoms with van der Waals surface area (Å²) in [6.45, 7) is 1.83. The summed E-state index contributed by atoms with van der Waals surface area (Å²) >= 11 is 0. The standard InChI is InChI=1S/C25H27N3O4/c1-31-22-8-7-16(13-23(22)32-2)9-12-28-24(29)14-21(25(28)30)27-11-10-20-18(15-27)17-5-3-4-6-19(17)26-20/h3-8,13,21,26H,9-12,14-15H2,1-2H3/t21-/m1/s1. The van der Waals surface area contributed by atoms with E-state index in [4.69, 9.17) is 9.47 Å². The molecule has 2 aliphatic rings. The van der Waals surface area contributed by atoms with Crippen LogP contribution in [0.5, 0.6) is 11.5 Å². The van der Waals surface area contributed by atoms with Crippen molar-refractivity contribution in [1.29, 1.82) is 0 Å². The maximum Gasteiger partial charge on any atom is 0.247 e. The second-order valence-corrected chi connectivity index (χ2v) is 8.39. The topological polar surface area (TPSA) is 74.9 Å². The zero-order valence-corrected chi connectivity index (χ0v) is 18.4. The van der Waals surface area contributed by atoms with Crippen LogP contribution in [0.15, 0.2) is 42.5 Å². The summed E-state index contributed by atoms with van der Waals surface area (Å²) in [6.07, 6.45) is 1.69. The summed E-state index contributed by atoms with van der Waals surface area (Å²) in [5.41, 5.74) is 4.61. The third-order valence-electron chi connectivity index (χ3n) is 6.65. The largest absolute Gasteiger partial charge is 0.493 e. The van der Waals surface area contributed by atoms with Gasteiger partial charge in [-0.15, -0.1) is 0 Å². The molecule has 3 aromatic rings. The average molecular weight is 434 g/mol. The number of H-pyrrole nitrogens is 1. The maximum atomic E-state index is 13.2. The Balaban J connectivity index is 1.28. The van der Waals surface area contributed by atoms with Crippen LogP contribution in [-0.4, -0.2) is 59.9 Å². The van der Waals surface area contributed by atoms with Crippen molar-refractivity contribution < 1.29 is 19.1 Å². The zero-order chi connectivity index (χ0) is 22.2. The number of amides is 2. The third kappa shape index (κ3) is 3.52. The fraction of sp³-hybridized carbons (Fsp3) is 0.360. The SMILES string of the molecule is COc1ccc(CCN2C(=O)C[C@@H](N3CCc4[nH]c5ccccc5c4C3)C2=O)cc1OC. The zero-order valence-electron chi connectivity index (χ0n) is 18.4. The lowest BCUT2D eigenvalue weighted by atomic mass is 10.0. The highest BCUT2D eigenvalue weighted by Crippen LogP contribution is 2.31. The maximum absolute atomic E-state index is 13.2. The van der Waals surface area contributed by atoms with Gasteiger partial charge in [0.2, 0.25) is 11.8 Å². The van der Waals surface area contributed by atoms with Gasteiger partial charge < -0.3 is 14.5 Å². The molecule has 3 heterocycles. The first-order valence-electron chi connectivity index (χ1n) is 11.0. The van der Waals surface area contributed by atoms with Crippen molar-refractivity contribution in [2.24, 2.45) is 0 Å². The van der Waals surface area contributed by atoms with E-state index in [0.717, 1.165) is 24.0 Å². The first kappa shape index (κ1) is 20.6. The molecule has 0 unspecified atom stereocenters. The van der Waals surface area contributed by atoms with E-state index in [0.29, 0.717) is 31.0 Å². The molecule has 1 saturated heterocycles. The monoisotopic (exact) mass is 433 g/mol. The normalized spacial score (nSPS) is 18.9. The molecular formula is C25H27N3O4. The molecule has 1 aromatic heterocycles. The number of hydrogen-bond donors (Lipinski definition) is 1. The van der Waals surface area contributed by atoms with Gasteiger partial charge in [-0.25, -0.2) is 0 Å². The molecular weight excluding hydrogens is 406 g/mol. The van der Waals surface area contributed by atoms with Gasteiger partial charge in [0.1, 0.15) is 0 Å². The van der Waals surface area contributed by atoms with Crippen molar-refractivity contribution in [3.8, 4) is 11.5 Å². The molecule has 1 N–H and O–H groups in total. The highest BCUT2D eigenvalue weighted by molar-refractivity contribution is 6.05. The molecule has 2 aliphatic heterocycles. The van der Waals surface area contributed by atoms with E-state index in [-0.39, 0.29) is 24.3 Å². The van der Waals surface area contributed by atoms with Gasteiger partial charge in [-0.2, -0.15) is 0 Å². The van der Waals surface area contributed by atoms with Gasteiger partial charge in [0.15, 0.2) is 11.5 Å². The average Bonchev–Trinajstić information content (AvgIpc) is 3.33. The van der Waals surface area contributed by atoms with Crippen molar-refractivity contribution >= 4 is 22.7 Å². The number of fused-ring (bicyclic) bond motifs is 3. The molecule has 166 valence electrons. The number of nitrogens with one attached hydrogen (secondary N) is 1. The van der Waals surface area contributed by atoms with Crippen LogP contribution in [0.1, 0.15) is 23.2 Å². The minimum atomic E-state index is -0.380. The first-order chi connectivity index (χ1) is 15.6. The number of methoxy groups -OCH3 is 2. The molecule has 2 amide bonds. The van der Waals surface area contributed by atoms with Gasteiger partial charge in [-0.1, -0.05) is 24.3 Å². The second kappa shape index (κ2) is 8.31. The van der Waals surface area contributed by atoms with E-state index >= 15 is 0 Å². The van der Waals surface area contributed by atoms with Crippen LogP contribution in [0.3, 0.4) is 0 Å². The fourth-order valence-electron chi connectivity index (χ4n) is 4.92. The number of rotatable bonds is 6. The predicted molar refractivity (Wildman–Crippen MR) is 121 cm³/mol. The van der Waals surface area contributed by atoms with E-state index in [9.17, 15) is 9.59 Å². The second-order valence-electron chi connectivity index (χ2n) is 8.39.